The average Bonchev–Trinajstić information content (AvgIpc) is 3.30. The summed E-state index contributed by atoms with van der Waals surface area (Å²) in [6.45, 7) is 6.33. The molecule has 4 heterocycles. The zero-order valence-electron chi connectivity index (χ0n) is 14.7. The molecular formula is C19H23N3O2S. The summed E-state index contributed by atoms with van der Waals surface area (Å²) in [6, 6.07) is 3.96. The lowest BCUT2D eigenvalue weighted by molar-refractivity contribution is -0.119. The first-order valence-electron chi connectivity index (χ1n) is 8.78. The van der Waals surface area contributed by atoms with Gasteiger partial charge in [0.1, 0.15) is 5.00 Å². The molecule has 2 fully saturated rings. The van der Waals surface area contributed by atoms with E-state index >= 15 is 0 Å². The average molecular weight is 357 g/mol. The summed E-state index contributed by atoms with van der Waals surface area (Å²) in [6.07, 6.45) is 6.39. The molecule has 0 aromatic carbocycles. The highest BCUT2D eigenvalue weighted by molar-refractivity contribution is 7.15. The Balaban J connectivity index is 1.57. The van der Waals surface area contributed by atoms with Crippen molar-refractivity contribution in [1.82, 2.24) is 14.8 Å². The van der Waals surface area contributed by atoms with Crippen molar-refractivity contribution in [1.29, 1.82) is 0 Å². The fraction of sp³-hybridized carbons (Fsp3) is 0.474. The quantitative estimate of drug-likeness (QED) is 0.898. The molecule has 2 aliphatic heterocycles. The van der Waals surface area contributed by atoms with Crippen molar-refractivity contribution in [3.63, 3.8) is 0 Å². The molecule has 2 amide bonds. The van der Waals surface area contributed by atoms with Gasteiger partial charge >= 0.3 is 0 Å². The number of aromatic nitrogens is 1. The van der Waals surface area contributed by atoms with Crippen LogP contribution in [-0.4, -0.2) is 40.9 Å². The summed E-state index contributed by atoms with van der Waals surface area (Å²) in [5.74, 6) is 0.275. The molecule has 2 aromatic heterocycles. The number of aryl methyl sites for hydroxylation is 1. The van der Waals surface area contributed by atoms with Crippen LogP contribution >= 0.6 is 11.3 Å². The molecule has 25 heavy (non-hydrogen) atoms. The summed E-state index contributed by atoms with van der Waals surface area (Å²) >= 11 is 1.67. The Morgan fingerprint density at radius 1 is 1.20 bits per heavy atom. The lowest BCUT2D eigenvalue weighted by Crippen LogP contribution is -2.44. The SMILES string of the molecule is Cc1sc(-n2cccc2)c(C(=O)N2CCC3(CC2)CNC(=O)C3)c1C. The topological polar surface area (TPSA) is 54.3 Å². The number of hydrogen-bond donors (Lipinski definition) is 1. The summed E-state index contributed by atoms with van der Waals surface area (Å²) < 4.78 is 2.03. The lowest BCUT2D eigenvalue weighted by Gasteiger charge is -2.38. The van der Waals surface area contributed by atoms with Crippen molar-refractivity contribution in [2.75, 3.05) is 19.6 Å². The molecule has 2 saturated heterocycles. The van der Waals surface area contributed by atoms with Crippen LogP contribution in [0.15, 0.2) is 24.5 Å². The van der Waals surface area contributed by atoms with Gasteiger partial charge in [-0.25, -0.2) is 0 Å². The molecule has 132 valence electrons. The van der Waals surface area contributed by atoms with Gasteiger partial charge in [-0.1, -0.05) is 0 Å². The highest BCUT2D eigenvalue weighted by Gasteiger charge is 2.42. The maximum absolute atomic E-state index is 13.3. The third-order valence-corrected chi connectivity index (χ3v) is 6.95. The fourth-order valence-corrected chi connectivity index (χ4v) is 5.07. The van der Waals surface area contributed by atoms with Gasteiger partial charge in [-0.3, -0.25) is 9.59 Å². The van der Waals surface area contributed by atoms with Crippen LogP contribution < -0.4 is 5.32 Å². The number of nitrogens with one attached hydrogen (secondary N) is 1. The number of hydrogen-bond acceptors (Lipinski definition) is 3. The van der Waals surface area contributed by atoms with Crippen LogP contribution in [0.4, 0.5) is 0 Å². The van der Waals surface area contributed by atoms with Crippen LogP contribution in [0, 0.1) is 19.3 Å². The van der Waals surface area contributed by atoms with E-state index in [-0.39, 0.29) is 17.2 Å². The zero-order chi connectivity index (χ0) is 17.6. The number of thiophene rings is 1. The first-order chi connectivity index (χ1) is 12.0. The number of likely N-dealkylation sites (tertiary alicyclic amines) is 1. The lowest BCUT2D eigenvalue weighted by atomic mass is 9.77. The molecular weight excluding hydrogens is 334 g/mol. The Bertz CT molecular complexity index is 814. The van der Waals surface area contributed by atoms with Crippen molar-refractivity contribution >= 4 is 23.2 Å². The fourth-order valence-electron chi connectivity index (χ4n) is 3.96. The first kappa shape index (κ1) is 16.4. The summed E-state index contributed by atoms with van der Waals surface area (Å²) in [4.78, 5) is 28.0. The third kappa shape index (κ3) is 2.78. The Labute approximate surface area is 151 Å². The maximum atomic E-state index is 13.3. The number of piperidine rings is 1. The van der Waals surface area contributed by atoms with Gasteiger partial charge < -0.3 is 14.8 Å². The van der Waals surface area contributed by atoms with Crippen molar-refractivity contribution in [2.24, 2.45) is 5.41 Å². The van der Waals surface area contributed by atoms with Gasteiger partial charge in [0.2, 0.25) is 5.91 Å². The molecule has 0 bridgehead atoms. The van der Waals surface area contributed by atoms with Crippen molar-refractivity contribution < 1.29 is 9.59 Å². The van der Waals surface area contributed by atoms with Gasteiger partial charge in [-0.2, -0.15) is 0 Å². The Kier molecular flexibility index (Phi) is 3.95. The van der Waals surface area contributed by atoms with Crippen molar-refractivity contribution in [2.45, 2.75) is 33.1 Å². The van der Waals surface area contributed by atoms with Crippen LogP contribution in [0.1, 0.15) is 40.1 Å². The number of amides is 2. The first-order valence-corrected chi connectivity index (χ1v) is 9.60. The normalized spacial score (nSPS) is 19.4. The van der Waals surface area contributed by atoms with Crippen LogP contribution in [0.5, 0.6) is 0 Å². The third-order valence-electron chi connectivity index (χ3n) is 5.73. The van der Waals surface area contributed by atoms with Crippen LogP contribution in [-0.2, 0) is 4.79 Å². The summed E-state index contributed by atoms with van der Waals surface area (Å²) in [5, 5.41) is 3.95. The van der Waals surface area contributed by atoms with E-state index in [0.29, 0.717) is 6.42 Å². The molecule has 4 rings (SSSR count). The Hall–Kier alpha value is -2.08. The highest BCUT2D eigenvalue weighted by Crippen LogP contribution is 2.39. The van der Waals surface area contributed by atoms with Crippen molar-refractivity contribution in [3.05, 3.63) is 40.5 Å². The van der Waals surface area contributed by atoms with E-state index in [1.54, 1.807) is 11.3 Å². The van der Waals surface area contributed by atoms with E-state index in [9.17, 15) is 9.59 Å². The number of carbonyl (C=O) groups is 2. The van der Waals surface area contributed by atoms with E-state index in [1.807, 2.05) is 40.9 Å². The van der Waals surface area contributed by atoms with E-state index in [2.05, 4.69) is 12.2 Å². The second kappa shape index (κ2) is 6.02. The largest absolute Gasteiger partial charge is 0.356 e. The summed E-state index contributed by atoms with van der Waals surface area (Å²) in [7, 11) is 0. The van der Waals surface area contributed by atoms with Gasteiger partial charge in [-0.15, -0.1) is 11.3 Å². The highest BCUT2D eigenvalue weighted by atomic mass is 32.1. The summed E-state index contributed by atoms with van der Waals surface area (Å²) in [5.41, 5.74) is 1.98. The van der Waals surface area contributed by atoms with Gasteiger partial charge in [-0.05, 0) is 49.8 Å². The Morgan fingerprint density at radius 3 is 2.48 bits per heavy atom. The van der Waals surface area contributed by atoms with Gasteiger partial charge in [0.25, 0.3) is 5.91 Å². The second-order valence-electron chi connectivity index (χ2n) is 7.30. The predicted molar refractivity (Wildman–Crippen MR) is 98.3 cm³/mol. The molecule has 2 aliphatic rings. The standard InChI is InChI=1S/C19H23N3O2S/c1-13-14(2)25-18(22-7-3-4-8-22)16(13)17(24)21-9-5-19(6-10-21)11-15(23)20-12-19/h3-4,7-8H,5-6,9-12H2,1-2H3,(H,20,23). The molecule has 0 atom stereocenters. The van der Waals surface area contributed by atoms with E-state index < -0.39 is 0 Å². The monoisotopic (exact) mass is 357 g/mol. The van der Waals surface area contributed by atoms with E-state index in [0.717, 1.165) is 48.6 Å². The molecule has 0 radical (unpaired) electrons. The number of nitrogens with zero attached hydrogens (tertiary/aromatic N) is 2. The van der Waals surface area contributed by atoms with Crippen LogP contribution in [0.25, 0.3) is 5.00 Å². The molecule has 1 spiro atoms. The van der Waals surface area contributed by atoms with E-state index in [4.69, 9.17) is 0 Å². The van der Waals surface area contributed by atoms with Crippen LogP contribution in [0.2, 0.25) is 0 Å². The smallest absolute Gasteiger partial charge is 0.257 e. The molecule has 0 saturated carbocycles. The molecule has 0 unspecified atom stereocenters. The van der Waals surface area contributed by atoms with Crippen molar-refractivity contribution in [3.8, 4) is 5.00 Å². The number of rotatable bonds is 2. The minimum absolute atomic E-state index is 0.0662. The van der Waals surface area contributed by atoms with Gasteiger partial charge in [0.05, 0.1) is 5.56 Å². The minimum Gasteiger partial charge on any atom is -0.356 e. The zero-order valence-corrected chi connectivity index (χ0v) is 15.5. The molecule has 6 heteroatoms. The molecule has 5 nitrogen and oxygen atoms in total. The molecule has 1 N–H and O–H groups in total. The Morgan fingerprint density at radius 2 is 1.88 bits per heavy atom. The second-order valence-corrected chi connectivity index (χ2v) is 8.50. The number of carbonyl (C=O) groups excluding carboxylic acids is 2. The van der Waals surface area contributed by atoms with Crippen LogP contribution in [0.3, 0.4) is 0 Å². The molecule has 0 aliphatic carbocycles. The van der Waals surface area contributed by atoms with Gasteiger partial charge in [0.15, 0.2) is 0 Å². The predicted octanol–water partition coefficient (Wildman–Crippen LogP) is 2.90. The maximum Gasteiger partial charge on any atom is 0.257 e. The van der Waals surface area contributed by atoms with Gasteiger partial charge in [0, 0.05) is 43.3 Å². The van der Waals surface area contributed by atoms with E-state index in [1.165, 1.54) is 4.88 Å². The minimum atomic E-state index is 0.0662. The molecule has 2 aromatic rings.